The predicted molar refractivity (Wildman–Crippen MR) is 126 cm³/mol. The molecule has 0 bridgehead atoms. The first-order valence-electron chi connectivity index (χ1n) is 9.87. The fraction of sp³-hybridized carbons (Fsp3) is 0.0833. The summed E-state index contributed by atoms with van der Waals surface area (Å²) in [6.45, 7) is -0.588. The van der Waals surface area contributed by atoms with Crippen LogP contribution in [-0.2, 0) is 9.53 Å². The van der Waals surface area contributed by atoms with Gasteiger partial charge in [0, 0.05) is 10.0 Å². The Balaban J connectivity index is 1.45. The van der Waals surface area contributed by atoms with Crippen molar-refractivity contribution in [3.8, 4) is 5.75 Å². The van der Waals surface area contributed by atoms with Crippen LogP contribution in [0.2, 0.25) is 10.0 Å². The molecule has 0 saturated carbocycles. The Kier molecular flexibility index (Phi) is 6.54. The van der Waals surface area contributed by atoms with Gasteiger partial charge < -0.3 is 14.8 Å². The summed E-state index contributed by atoms with van der Waals surface area (Å²) < 4.78 is 10.2. The fourth-order valence-corrected chi connectivity index (χ4v) is 3.67. The number of fused-ring (bicyclic) bond motifs is 1. The molecule has 0 radical (unpaired) electrons. The van der Waals surface area contributed by atoms with Crippen molar-refractivity contribution >= 4 is 58.3 Å². The number of halogens is 2. The van der Waals surface area contributed by atoms with E-state index in [2.05, 4.69) is 5.32 Å². The van der Waals surface area contributed by atoms with Crippen molar-refractivity contribution in [1.29, 1.82) is 0 Å². The fourth-order valence-electron chi connectivity index (χ4n) is 3.37. The van der Waals surface area contributed by atoms with Crippen molar-refractivity contribution in [1.82, 2.24) is 0 Å². The summed E-state index contributed by atoms with van der Waals surface area (Å²) in [5, 5.41) is 3.40. The maximum absolute atomic E-state index is 12.9. The number of benzene rings is 3. The molecule has 172 valence electrons. The van der Waals surface area contributed by atoms with Crippen LogP contribution >= 0.6 is 23.2 Å². The normalized spacial score (nSPS) is 12.4. The van der Waals surface area contributed by atoms with Crippen molar-refractivity contribution < 1.29 is 28.7 Å². The van der Waals surface area contributed by atoms with Gasteiger partial charge in [0.05, 0.1) is 35.2 Å². The number of ether oxygens (including phenoxy) is 2. The van der Waals surface area contributed by atoms with E-state index in [1.54, 1.807) is 36.4 Å². The van der Waals surface area contributed by atoms with Crippen LogP contribution < -0.4 is 15.0 Å². The number of anilines is 2. The average Bonchev–Trinajstić information content (AvgIpc) is 3.07. The van der Waals surface area contributed by atoms with Crippen LogP contribution in [0, 0.1) is 0 Å². The largest absolute Gasteiger partial charge is 0.495 e. The molecule has 8 nitrogen and oxygen atoms in total. The first-order chi connectivity index (χ1) is 16.3. The molecule has 0 atom stereocenters. The van der Waals surface area contributed by atoms with Gasteiger partial charge in [0.15, 0.2) is 6.61 Å². The number of nitrogens with one attached hydrogen (secondary N) is 1. The maximum atomic E-state index is 12.9. The molecular weight excluding hydrogens is 483 g/mol. The number of rotatable bonds is 6. The standard InChI is InChI=1S/C24H16Cl2N2O6/c1-33-20-9-5-15(26)11-19(20)27-21(29)12-34-24(32)13-2-8-17-18(10-13)23(31)28(22(17)30)16-6-3-14(25)4-7-16/h2-11H,12H2,1H3,(H,27,29). The zero-order chi connectivity index (χ0) is 24.4. The second kappa shape index (κ2) is 9.54. The molecule has 0 spiro atoms. The van der Waals surface area contributed by atoms with E-state index in [4.69, 9.17) is 32.7 Å². The minimum absolute atomic E-state index is 0.0194. The van der Waals surface area contributed by atoms with Crippen LogP contribution in [0.4, 0.5) is 11.4 Å². The smallest absolute Gasteiger partial charge is 0.338 e. The Labute approximate surface area is 204 Å². The lowest BCUT2D eigenvalue weighted by Gasteiger charge is -2.13. The number of carbonyl (C=O) groups is 4. The molecule has 1 aliphatic heterocycles. The monoisotopic (exact) mass is 498 g/mol. The molecule has 10 heteroatoms. The average molecular weight is 499 g/mol. The number of imide groups is 1. The molecule has 3 amide bonds. The minimum atomic E-state index is -0.832. The molecule has 34 heavy (non-hydrogen) atoms. The number of nitrogens with zero attached hydrogens (tertiary/aromatic N) is 1. The first kappa shape index (κ1) is 23.3. The van der Waals surface area contributed by atoms with Crippen molar-refractivity contribution in [2.45, 2.75) is 0 Å². The molecule has 0 aromatic heterocycles. The van der Waals surface area contributed by atoms with E-state index in [9.17, 15) is 19.2 Å². The Bertz CT molecular complexity index is 1320. The van der Waals surface area contributed by atoms with Crippen LogP contribution in [-0.4, -0.2) is 37.4 Å². The van der Waals surface area contributed by atoms with Gasteiger partial charge in [0.1, 0.15) is 5.75 Å². The van der Waals surface area contributed by atoms with Gasteiger partial charge in [-0.15, -0.1) is 0 Å². The maximum Gasteiger partial charge on any atom is 0.338 e. The van der Waals surface area contributed by atoms with Gasteiger partial charge in [-0.3, -0.25) is 14.4 Å². The van der Waals surface area contributed by atoms with Crippen LogP contribution in [0.5, 0.6) is 5.75 Å². The molecule has 0 fully saturated rings. The number of hydrogen-bond acceptors (Lipinski definition) is 6. The molecular formula is C24H16Cl2N2O6. The van der Waals surface area contributed by atoms with Crippen LogP contribution in [0.3, 0.4) is 0 Å². The van der Waals surface area contributed by atoms with E-state index in [0.717, 1.165) is 4.90 Å². The highest BCUT2D eigenvalue weighted by Gasteiger charge is 2.37. The molecule has 3 aromatic rings. The van der Waals surface area contributed by atoms with E-state index in [1.165, 1.54) is 31.4 Å². The number of amides is 3. The Morgan fingerprint density at radius 3 is 2.26 bits per heavy atom. The minimum Gasteiger partial charge on any atom is -0.495 e. The Hall–Kier alpha value is -3.88. The van der Waals surface area contributed by atoms with Gasteiger partial charge in [-0.25, -0.2) is 9.69 Å². The van der Waals surface area contributed by atoms with E-state index >= 15 is 0 Å². The highest BCUT2D eigenvalue weighted by molar-refractivity contribution is 6.35. The number of carbonyl (C=O) groups excluding carboxylic acids is 4. The predicted octanol–water partition coefficient (Wildman–Crippen LogP) is 4.60. The summed E-state index contributed by atoms with van der Waals surface area (Å²) in [6, 6.07) is 14.9. The zero-order valence-corrected chi connectivity index (χ0v) is 19.1. The highest BCUT2D eigenvalue weighted by Crippen LogP contribution is 2.30. The van der Waals surface area contributed by atoms with Gasteiger partial charge in [-0.2, -0.15) is 0 Å². The van der Waals surface area contributed by atoms with Crippen molar-refractivity contribution in [3.05, 3.63) is 87.4 Å². The van der Waals surface area contributed by atoms with Crippen LogP contribution in [0.1, 0.15) is 31.1 Å². The topological polar surface area (TPSA) is 102 Å². The molecule has 4 rings (SSSR count). The lowest BCUT2D eigenvalue weighted by atomic mass is 10.1. The lowest BCUT2D eigenvalue weighted by Crippen LogP contribution is -2.29. The van der Waals surface area contributed by atoms with Crippen molar-refractivity contribution in [3.63, 3.8) is 0 Å². The van der Waals surface area contributed by atoms with Crippen molar-refractivity contribution in [2.75, 3.05) is 23.9 Å². The van der Waals surface area contributed by atoms with E-state index < -0.39 is 30.3 Å². The van der Waals surface area contributed by atoms with Gasteiger partial charge in [0.2, 0.25) is 0 Å². The van der Waals surface area contributed by atoms with E-state index in [-0.39, 0.29) is 16.7 Å². The highest BCUT2D eigenvalue weighted by atomic mass is 35.5. The van der Waals surface area contributed by atoms with Crippen LogP contribution in [0.25, 0.3) is 0 Å². The van der Waals surface area contributed by atoms with Gasteiger partial charge in [0.25, 0.3) is 17.7 Å². The summed E-state index contributed by atoms with van der Waals surface area (Å²) in [5.74, 6) is -2.16. The molecule has 1 aliphatic rings. The molecule has 3 aromatic carbocycles. The van der Waals surface area contributed by atoms with Crippen molar-refractivity contribution in [2.24, 2.45) is 0 Å². The van der Waals surface area contributed by atoms with Gasteiger partial charge in [-0.05, 0) is 60.7 Å². The third kappa shape index (κ3) is 4.59. The lowest BCUT2D eigenvalue weighted by molar-refractivity contribution is -0.119. The Morgan fingerprint density at radius 1 is 0.882 bits per heavy atom. The second-order valence-electron chi connectivity index (χ2n) is 7.15. The van der Waals surface area contributed by atoms with Crippen LogP contribution in [0.15, 0.2) is 60.7 Å². The summed E-state index contributed by atoms with van der Waals surface area (Å²) in [5.41, 5.74) is 0.906. The summed E-state index contributed by atoms with van der Waals surface area (Å²) in [6.07, 6.45) is 0. The molecule has 1 heterocycles. The Morgan fingerprint density at radius 2 is 1.56 bits per heavy atom. The van der Waals surface area contributed by atoms with E-state index in [1.807, 2.05) is 0 Å². The molecule has 0 aliphatic carbocycles. The number of methoxy groups -OCH3 is 1. The first-order valence-corrected chi connectivity index (χ1v) is 10.6. The zero-order valence-electron chi connectivity index (χ0n) is 17.6. The van der Waals surface area contributed by atoms with Gasteiger partial charge in [-0.1, -0.05) is 23.2 Å². The summed E-state index contributed by atoms with van der Waals surface area (Å²) in [7, 11) is 1.44. The summed E-state index contributed by atoms with van der Waals surface area (Å²) in [4.78, 5) is 51.3. The third-order valence-electron chi connectivity index (χ3n) is 4.98. The van der Waals surface area contributed by atoms with E-state index in [0.29, 0.717) is 27.2 Å². The third-order valence-corrected chi connectivity index (χ3v) is 5.46. The van der Waals surface area contributed by atoms with Gasteiger partial charge >= 0.3 is 5.97 Å². The summed E-state index contributed by atoms with van der Waals surface area (Å²) >= 11 is 11.8. The molecule has 0 saturated heterocycles. The number of hydrogen-bond donors (Lipinski definition) is 1. The SMILES string of the molecule is COc1ccc(Cl)cc1NC(=O)COC(=O)c1ccc2c(c1)C(=O)N(c1ccc(Cl)cc1)C2=O. The second-order valence-corrected chi connectivity index (χ2v) is 8.02. The molecule has 1 N–H and O–H groups in total. The molecule has 0 unspecified atom stereocenters. The number of esters is 1. The quantitative estimate of drug-likeness (QED) is 0.393.